The van der Waals surface area contributed by atoms with Crippen LogP contribution in [0.2, 0.25) is 0 Å². The van der Waals surface area contributed by atoms with Crippen LogP contribution in [0.15, 0.2) is 54.1 Å². The van der Waals surface area contributed by atoms with Crippen molar-refractivity contribution >= 4 is 17.8 Å². The molecule has 2 rings (SSSR count). The molecule has 0 heterocycles. The second-order valence-corrected chi connectivity index (χ2v) is 6.46. The van der Waals surface area contributed by atoms with Crippen molar-refractivity contribution in [1.29, 1.82) is 0 Å². The summed E-state index contributed by atoms with van der Waals surface area (Å²) in [7, 11) is 0. The number of para-hydroxylation sites is 1. The van der Waals surface area contributed by atoms with Gasteiger partial charge in [-0.3, -0.25) is 9.59 Å². The highest BCUT2D eigenvalue weighted by Crippen LogP contribution is 2.25. The smallest absolute Gasteiger partial charge is 0.307 e. The minimum Gasteiger partial charge on any atom is -0.508 e. The number of carboxylic acid groups (broad SMARTS) is 1. The number of hydrogen-bond donors (Lipinski definition) is 3. The molecule has 0 aliphatic carbocycles. The van der Waals surface area contributed by atoms with Crippen LogP contribution >= 0.6 is 0 Å². The molecule has 27 heavy (non-hydrogen) atoms. The molecule has 0 unspecified atom stereocenters. The molecule has 0 aliphatic heterocycles. The molecule has 0 amide bonds. The fourth-order valence-electron chi connectivity index (χ4n) is 2.54. The highest BCUT2D eigenvalue weighted by atomic mass is 16.4. The Balaban J connectivity index is 2.23. The summed E-state index contributed by atoms with van der Waals surface area (Å²) in [5.41, 5.74) is 2.86. The van der Waals surface area contributed by atoms with Gasteiger partial charge in [0.05, 0.1) is 12.0 Å². The lowest BCUT2D eigenvalue weighted by atomic mass is 10.0. The predicted octanol–water partition coefficient (Wildman–Crippen LogP) is 4.13. The number of phenols is 2. The van der Waals surface area contributed by atoms with E-state index in [-0.39, 0.29) is 29.0 Å². The number of carboxylic acids is 1. The number of carbonyl (C=O) groups excluding carboxylic acids is 1. The van der Waals surface area contributed by atoms with E-state index in [0.29, 0.717) is 6.42 Å². The molecule has 0 aliphatic rings. The van der Waals surface area contributed by atoms with Crippen molar-refractivity contribution in [3.05, 3.63) is 76.4 Å². The highest BCUT2D eigenvalue weighted by Gasteiger charge is 2.14. The summed E-state index contributed by atoms with van der Waals surface area (Å²) in [6.07, 6.45) is 5.14. The number of ketones is 1. The highest BCUT2D eigenvalue weighted by molar-refractivity contribution is 6.08. The molecular formula is C22H22O5. The standard InChI is InChI=1S/C22H22O5/c1-14(2)6-9-16-12-15(7-10-19(16)23)8-11-20(24)18-5-3-4-17(22(18)27)13-21(25)26/h3-8,10-12,23,27H,9,13H2,1-2H3,(H,25,26). The summed E-state index contributed by atoms with van der Waals surface area (Å²) >= 11 is 0. The van der Waals surface area contributed by atoms with Crippen LogP contribution in [0.5, 0.6) is 11.5 Å². The Labute approximate surface area is 157 Å². The van der Waals surface area contributed by atoms with Crippen LogP contribution in [0, 0.1) is 0 Å². The van der Waals surface area contributed by atoms with Crippen LogP contribution in [0.4, 0.5) is 0 Å². The first-order valence-corrected chi connectivity index (χ1v) is 8.48. The van der Waals surface area contributed by atoms with Gasteiger partial charge >= 0.3 is 5.97 Å². The summed E-state index contributed by atoms with van der Waals surface area (Å²) in [6, 6.07) is 9.51. The van der Waals surface area contributed by atoms with Crippen LogP contribution in [-0.2, 0) is 17.6 Å². The van der Waals surface area contributed by atoms with Gasteiger partial charge in [-0.25, -0.2) is 0 Å². The van der Waals surface area contributed by atoms with Gasteiger partial charge in [0, 0.05) is 5.56 Å². The van der Waals surface area contributed by atoms with Crippen LogP contribution in [-0.4, -0.2) is 27.1 Å². The zero-order chi connectivity index (χ0) is 20.0. The molecular weight excluding hydrogens is 344 g/mol. The maximum atomic E-state index is 12.4. The molecule has 0 spiro atoms. The lowest BCUT2D eigenvalue weighted by Gasteiger charge is -2.06. The monoisotopic (exact) mass is 366 g/mol. The summed E-state index contributed by atoms with van der Waals surface area (Å²) < 4.78 is 0. The average Bonchev–Trinajstić information content (AvgIpc) is 2.61. The zero-order valence-corrected chi connectivity index (χ0v) is 15.3. The van der Waals surface area contributed by atoms with E-state index in [4.69, 9.17) is 5.11 Å². The molecule has 0 fully saturated rings. The summed E-state index contributed by atoms with van der Waals surface area (Å²) in [4.78, 5) is 23.2. The third-order valence-corrected chi connectivity index (χ3v) is 3.99. The maximum Gasteiger partial charge on any atom is 0.307 e. The summed E-state index contributed by atoms with van der Waals surface area (Å²) in [5, 5.41) is 29.0. The van der Waals surface area contributed by atoms with Crippen molar-refractivity contribution < 1.29 is 24.9 Å². The minimum absolute atomic E-state index is 0.0496. The van der Waals surface area contributed by atoms with E-state index in [9.17, 15) is 19.8 Å². The number of rotatable bonds is 7. The average molecular weight is 366 g/mol. The molecule has 0 radical (unpaired) electrons. The molecule has 0 saturated carbocycles. The van der Waals surface area contributed by atoms with Crippen LogP contribution in [0.1, 0.15) is 40.9 Å². The fourth-order valence-corrected chi connectivity index (χ4v) is 2.54. The maximum absolute atomic E-state index is 12.4. The largest absolute Gasteiger partial charge is 0.508 e. The summed E-state index contributed by atoms with van der Waals surface area (Å²) in [5.74, 6) is -1.64. The van der Waals surface area contributed by atoms with Crippen molar-refractivity contribution in [2.75, 3.05) is 0 Å². The van der Waals surface area contributed by atoms with Gasteiger partial charge in [0.15, 0.2) is 5.78 Å². The van der Waals surface area contributed by atoms with E-state index < -0.39 is 11.8 Å². The van der Waals surface area contributed by atoms with Gasteiger partial charge in [0.1, 0.15) is 11.5 Å². The van der Waals surface area contributed by atoms with Crippen molar-refractivity contribution in [3.8, 4) is 11.5 Å². The molecule has 3 N–H and O–H groups in total. The normalized spacial score (nSPS) is 10.7. The van der Waals surface area contributed by atoms with Gasteiger partial charge in [-0.05, 0) is 55.7 Å². The number of aliphatic carboxylic acids is 1. The van der Waals surface area contributed by atoms with Crippen LogP contribution in [0.25, 0.3) is 6.08 Å². The first-order chi connectivity index (χ1) is 12.8. The third kappa shape index (κ3) is 5.57. The Bertz CT molecular complexity index is 918. The van der Waals surface area contributed by atoms with Gasteiger partial charge in [-0.2, -0.15) is 0 Å². The fraction of sp³-hybridized carbons (Fsp3) is 0.182. The van der Waals surface area contributed by atoms with Crippen LogP contribution < -0.4 is 0 Å². The van der Waals surface area contributed by atoms with Gasteiger partial charge < -0.3 is 15.3 Å². The number of benzene rings is 2. The molecule has 0 saturated heterocycles. The number of allylic oxidation sites excluding steroid dienone is 3. The van der Waals surface area contributed by atoms with Crippen LogP contribution in [0.3, 0.4) is 0 Å². The molecule has 5 nitrogen and oxygen atoms in total. The van der Waals surface area contributed by atoms with Gasteiger partial charge in [0.2, 0.25) is 0 Å². The van der Waals surface area contributed by atoms with E-state index >= 15 is 0 Å². The molecule has 2 aromatic rings. The number of carbonyl (C=O) groups is 2. The summed E-state index contributed by atoms with van der Waals surface area (Å²) in [6.45, 7) is 3.95. The SMILES string of the molecule is CC(C)=CCc1cc(C=CC(=O)c2cccc(CC(=O)O)c2O)ccc1O. The molecule has 2 aromatic carbocycles. The van der Waals surface area contributed by atoms with Gasteiger partial charge in [-0.15, -0.1) is 0 Å². The second kappa shape index (κ2) is 8.85. The first kappa shape index (κ1) is 20.0. The molecule has 140 valence electrons. The Hall–Kier alpha value is -3.34. The van der Waals surface area contributed by atoms with E-state index in [0.717, 1.165) is 16.7 Å². The minimum atomic E-state index is -1.08. The number of hydrogen-bond acceptors (Lipinski definition) is 4. The lowest BCUT2D eigenvalue weighted by Crippen LogP contribution is -2.03. The second-order valence-electron chi connectivity index (χ2n) is 6.46. The Morgan fingerprint density at radius 3 is 2.44 bits per heavy atom. The Kier molecular flexibility index (Phi) is 6.55. The zero-order valence-electron chi connectivity index (χ0n) is 15.3. The van der Waals surface area contributed by atoms with E-state index in [1.807, 2.05) is 19.9 Å². The van der Waals surface area contributed by atoms with Gasteiger partial charge in [0.25, 0.3) is 0 Å². The quantitative estimate of drug-likeness (QED) is 0.389. The van der Waals surface area contributed by atoms with E-state index in [1.165, 1.54) is 24.3 Å². The van der Waals surface area contributed by atoms with Crippen molar-refractivity contribution in [3.63, 3.8) is 0 Å². The Morgan fingerprint density at radius 1 is 1.04 bits per heavy atom. The first-order valence-electron chi connectivity index (χ1n) is 8.48. The van der Waals surface area contributed by atoms with Crippen molar-refractivity contribution in [1.82, 2.24) is 0 Å². The van der Waals surface area contributed by atoms with Crippen molar-refractivity contribution in [2.45, 2.75) is 26.7 Å². The molecule has 5 heteroatoms. The Morgan fingerprint density at radius 2 is 1.78 bits per heavy atom. The van der Waals surface area contributed by atoms with Gasteiger partial charge in [-0.1, -0.05) is 35.9 Å². The van der Waals surface area contributed by atoms with E-state index in [1.54, 1.807) is 24.3 Å². The number of phenolic OH excluding ortho intramolecular Hbond substituents is 2. The molecule has 0 aromatic heterocycles. The van der Waals surface area contributed by atoms with E-state index in [2.05, 4.69) is 0 Å². The predicted molar refractivity (Wildman–Crippen MR) is 104 cm³/mol. The van der Waals surface area contributed by atoms with Crippen molar-refractivity contribution in [2.24, 2.45) is 0 Å². The molecule has 0 atom stereocenters. The lowest BCUT2D eigenvalue weighted by molar-refractivity contribution is -0.136. The topological polar surface area (TPSA) is 94.8 Å². The molecule has 0 bridgehead atoms. The third-order valence-electron chi connectivity index (χ3n) is 3.99. The number of aromatic hydroxyl groups is 2.